The molecule has 106 valence electrons. The van der Waals surface area contributed by atoms with Gasteiger partial charge in [-0.2, -0.15) is 0 Å². The molecule has 2 aromatic rings. The van der Waals surface area contributed by atoms with Gasteiger partial charge in [0.1, 0.15) is 5.75 Å². The lowest BCUT2D eigenvalue weighted by Crippen LogP contribution is -2.19. The first-order chi connectivity index (χ1) is 9.43. The predicted molar refractivity (Wildman–Crippen MR) is 76.6 cm³/mol. The van der Waals surface area contributed by atoms with Crippen molar-refractivity contribution >= 4 is 16.9 Å². The van der Waals surface area contributed by atoms with Crippen LogP contribution < -0.4 is 10.3 Å². The molecule has 2 rings (SSSR count). The fraction of sp³-hybridized carbons (Fsp3) is 0.333. The maximum absolute atomic E-state index is 11.9. The molecule has 0 atom stereocenters. The Morgan fingerprint density at radius 2 is 2.05 bits per heavy atom. The van der Waals surface area contributed by atoms with Crippen LogP contribution >= 0.6 is 0 Å². The number of hydrogen-bond acceptors (Lipinski definition) is 3. The number of carboxylic acid groups (broad SMARTS) is 1. The van der Waals surface area contributed by atoms with Crippen LogP contribution in [0.15, 0.2) is 29.1 Å². The second-order valence-electron chi connectivity index (χ2n) is 4.80. The summed E-state index contributed by atoms with van der Waals surface area (Å²) in [5.74, 6) is -0.593. The van der Waals surface area contributed by atoms with Crippen LogP contribution in [0, 0.1) is 0 Å². The van der Waals surface area contributed by atoms with Crippen molar-refractivity contribution in [3.05, 3.63) is 40.2 Å². The molecule has 0 saturated carbocycles. The Bertz CT molecular complexity index is 716. The lowest BCUT2D eigenvalue weighted by atomic mass is 10.1. The maximum Gasteiger partial charge on any atom is 0.335 e. The molecule has 0 bridgehead atoms. The first-order valence-electron chi connectivity index (χ1n) is 6.51. The van der Waals surface area contributed by atoms with E-state index in [-0.39, 0.29) is 17.2 Å². The van der Waals surface area contributed by atoms with Crippen LogP contribution in [0.4, 0.5) is 0 Å². The van der Waals surface area contributed by atoms with Gasteiger partial charge in [0.15, 0.2) is 0 Å². The lowest BCUT2D eigenvalue weighted by molar-refractivity contribution is 0.0696. The van der Waals surface area contributed by atoms with Crippen molar-refractivity contribution in [2.45, 2.75) is 33.4 Å². The summed E-state index contributed by atoms with van der Waals surface area (Å²) in [5, 5.41) is 9.84. The molecule has 0 saturated heterocycles. The Labute approximate surface area is 116 Å². The van der Waals surface area contributed by atoms with Crippen LogP contribution in [-0.2, 0) is 6.54 Å². The number of nitrogens with zero attached hydrogens (tertiary/aromatic N) is 1. The van der Waals surface area contributed by atoms with E-state index in [1.807, 2.05) is 20.8 Å². The quantitative estimate of drug-likeness (QED) is 0.930. The molecular formula is C15H17NO4. The minimum Gasteiger partial charge on any atom is -0.489 e. The van der Waals surface area contributed by atoms with Gasteiger partial charge >= 0.3 is 5.97 Å². The molecule has 20 heavy (non-hydrogen) atoms. The van der Waals surface area contributed by atoms with Crippen molar-refractivity contribution in [1.82, 2.24) is 4.57 Å². The van der Waals surface area contributed by atoms with Gasteiger partial charge in [-0.1, -0.05) is 0 Å². The molecule has 0 spiro atoms. The fourth-order valence-corrected chi connectivity index (χ4v) is 2.19. The molecule has 1 heterocycles. The SMILES string of the molecule is CCn1c(=O)ccc2cc(C(=O)O)cc(OC(C)C)c21. The molecule has 0 unspecified atom stereocenters. The number of rotatable bonds is 4. The van der Waals surface area contributed by atoms with Crippen molar-refractivity contribution in [3.63, 3.8) is 0 Å². The summed E-state index contributed by atoms with van der Waals surface area (Å²) < 4.78 is 7.27. The second kappa shape index (κ2) is 5.36. The normalized spacial score (nSPS) is 11.0. The standard InChI is InChI=1S/C15H17NO4/c1-4-16-13(17)6-5-10-7-11(15(18)19)8-12(14(10)16)20-9(2)3/h5-9H,4H2,1-3H3,(H,18,19). The number of benzene rings is 1. The van der Waals surface area contributed by atoms with Crippen molar-refractivity contribution < 1.29 is 14.6 Å². The first-order valence-corrected chi connectivity index (χ1v) is 6.51. The van der Waals surface area contributed by atoms with Gasteiger partial charge in [-0.25, -0.2) is 4.79 Å². The number of hydrogen-bond donors (Lipinski definition) is 1. The van der Waals surface area contributed by atoms with Crippen LogP contribution in [0.2, 0.25) is 0 Å². The Morgan fingerprint density at radius 3 is 2.60 bits per heavy atom. The number of aromatic nitrogens is 1. The molecule has 1 aromatic heterocycles. The number of aromatic carboxylic acids is 1. The summed E-state index contributed by atoms with van der Waals surface area (Å²) in [6, 6.07) is 6.09. The van der Waals surface area contributed by atoms with Gasteiger partial charge in [0.2, 0.25) is 0 Å². The van der Waals surface area contributed by atoms with E-state index >= 15 is 0 Å². The van der Waals surface area contributed by atoms with Gasteiger partial charge in [0.05, 0.1) is 17.2 Å². The predicted octanol–water partition coefficient (Wildman–Crippen LogP) is 2.51. The Kier molecular flexibility index (Phi) is 3.79. The lowest BCUT2D eigenvalue weighted by Gasteiger charge is -2.16. The highest BCUT2D eigenvalue weighted by Gasteiger charge is 2.14. The van der Waals surface area contributed by atoms with E-state index in [0.717, 1.165) is 0 Å². The number of fused-ring (bicyclic) bond motifs is 1. The molecule has 5 heteroatoms. The summed E-state index contributed by atoms with van der Waals surface area (Å²) in [6.07, 6.45) is -0.108. The summed E-state index contributed by atoms with van der Waals surface area (Å²) in [7, 11) is 0. The van der Waals surface area contributed by atoms with Crippen LogP contribution in [0.1, 0.15) is 31.1 Å². The van der Waals surface area contributed by atoms with Crippen molar-refractivity contribution in [2.75, 3.05) is 0 Å². The van der Waals surface area contributed by atoms with Gasteiger partial charge in [0.25, 0.3) is 5.56 Å². The molecule has 5 nitrogen and oxygen atoms in total. The molecule has 0 aliphatic rings. The topological polar surface area (TPSA) is 68.5 Å². The highest BCUT2D eigenvalue weighted by molar-refractivity contribution is 5.96. The van der Waals surface area contributed by atoms with Gasteiger partial charge in [-0.05, 0) is 39.0 Å². The highest BCUT2D eigenvalue weighted by Crippen LogP contribution is 2.27. The first kappa shape index (κ1) is 14.1. The van der Waals surface area contributed by atoms with Gasteiger partial charge in [0, 0.05) is 18.0 Å². The molecule has 1 aromatic carbocycles. The smallest absolute Gasteiger partial charge is 0.335 e. The van der Waals surface area contributed by atoms with Gasteiger partial charge in [-0.15, -0.1) is 0 Å². The Hall–Kier alpha value is -2.30. The van der Waals surface area contributed by atoms with Crippen LogP contribution in [0.3, 0.4) is 0 Å². The minimum atomic E-state index is -1.02. The fourth-order valence-electron chi connectivity index (χ4n) is 2.19. The van der Waals surface area contributed by atoms with Gasteiger partial charge < -0.3 is 14.4 Å². The highest BCUT2D eigenvalue weighted by atomic mass is 16.5. The van der Waals surface area contributed by atoms with E-state index in [1.165, 1.54) is 12.1 Å². The van der Waals surface area contributed by atoms with E-state index < -0.39 is 5.97 Å². The third-order valence-corrected chi connectivity index (χ3v) is 2.97. The van der Waals surface area contributed by atoms with E-state index in [4.69, 9.17) is 9.84 Å². The number of pyridine rings is 1. The van der Waals surface area contributed by atoms with Crippen molar-refractivity contribution in [1.29, 1.82) is 0 Å². The summed E-state index contributed by atoms with van der Waals surface area (Å²) in [6.45, 7) is 6.08. The molecule has 0 radical (unpaired) electrons. The number of ether oxygens (including phenoxy) is 1. The third kappa shape index (κ3) is 2.52. The van der Waals surface area contributed by atoms with Crippen LogP contribution in [0.5, 0.6) is 5.75 Å². The summed E-state index contributed by atoms with van der Waals surface area (Å²) in [4.78, 5) is 23.1. The molecule has 0 aliphatic heterocycles. The van der Waals surface area contributed by atoms with Gasteiger partial charge in [-0.3, -0.25) is 4.79 Å². The number of aryl methyl sites for hydroxylation is 1. The average Bonchev–Trinajstić information content (AvgIpc) is 2.38. The zero-order valence-electron chi connectivity index (χ0n) is 11.7. The number of carbonyl (C=O) groups is 1. The molecule has 0 aliphatic carbocycles. The second-order valence-corrected chi connectivity index (χ2v) is 4.80. The van der Waals surface area contributed by atoms with E-state index in [1.54, 1.807) is 16.7 Å². The van der Waals surface area contributed by atoms with Crippen LogP contribution in [-0.4, -0.2) is 21.7 Å². The van der Waals surface area contributed by atoms with Crippen LogP contribution in [0.25, 0.3) is 10.9 Å². The minimum absolute atomic E-state index is 0.108. The summed E-state index contributed by atoms with van der Waals surface area (Å²) >= 11 is 0. The maximum atomic E-state index is 11.9. The number of carboxylic acids is 1. The Morgan fingerprint density at radius 1 is 1.35 bits per heavy atom. The van der Waals surface area contributed by atoms with E-state index in [2.05, 4.69) is 0 Å². The molecular weight excluding hydrogens is 258 g/mol. The van der Waals surface area contributed by atoms with Crippen molar-refractivity contribution in [3.8, 4) is 5.75 Å². The summed E-state index contributed by atoms with van der Waals surface area (Å²) in [5.41, 5.74) is 0.657. The Balaban J connectivity index is 2.84. The molecule has 1 N–H and O–H groups in total. The average molecular weight is 275 g/mol. The molecule has 0 fully saturated rings. The van der Waals surface area contributed by atoms with E-state index in [0.29, 0.717) is 23.2 Å². The third-order valence-electron chi connectivity index (χ3n) is 2.97. The van der Waals surface area contributed by atoms with E-state index in [9.17, 15) is 9.59 Å². The van der Waals surface area contributed by atoms with Crippen molar-refractivity contribution in [2.24, 2.45) is 0 Å². The molecule has 0 amide bonds. The zero-order chi connectivity index (χ0) is 14.9. The monoisotopic (exact) mass is 275 g/mol. The zero-order valence-corrected chi connectivity index (χ0v) is 11.7. The largest absolute Gasteiger partial charge is 0.489 e.